The van der Waals surface area contributed by atoms with E-state index in [2.05, 4.69) is 0 Å². The highest BCUT2D eigenvalue weighted by molar-refractivity contribution is 6.31. The molecular weight excluding hydrogens is 284 g/mol. The highest BCUT2D eigenvalue weighted by atomic mass is 35.5. The molecule has 4 heteroatoms. The lowest BCUT2D eigenvalue weighted by atomic mass is 9.98. The van der Waals surface area contributed by atoms with E-state index in [1.54, 1.807) is 6.07 Å². The first-order valence-electron chi connectivity index (χ1n) is 5.92. The van der Waals surface area contributed by atoms with Crippen LogP contribution in [-0.4, -0.2) is 0 Å². The minimum atomic E-state index is -0.346. The molecule has 0 aromatic heterocycles. The van der Waals surface area contributed by atoms with Gasteiger partial charge in [-0.1, -0.05) is 35.3 Å². The average Bonchev–Trinajstić information content (AvgIpc) is 2.31. The van der Waals surface area contributed by atoms with Crippen molar-refractivity contribution in [1.82, 2.24) is 0 Å². The first-order chi connectivity index (χ1) is 8.95. The number of rotatable bonds is 3. The minimum absolute atomic E-state index is 0.222. The van der Waals surface area contributed by atoms with Gasteiger partial charge in [-0.3, -0.25) is 0 Å². The van der Waals surface area contributed by atoms with Gasteiger partial charge in [-0.2, -0.15) is 0 Å². The summed E-state index contributed by atoms with van der Waals surface area (Å²) in [6, 6.07) is 9.84. The molecule has 0 saturated heterocycles. The van der Waals surface area contributed by atoms with Crippen molar-refractivity contribution in [2.24, 2.45) is 5.73 Å². The molecule has 1 nitrogen and oxygen atoms in total. The van der Waals surface area contributed by atoms with Crippen LogP contribution >= 0.6 is 23.2 Å². The molecule has 0 spiro atoms. The zero-order chi connectivity index (χ0) is 14.0. The lowest BCUT2D eigenvalue weighted by Crippen LogP contribution is -2.13. The van der Waals surface area contributed by atoms with Gasteiger partial charge in [-0.05, 0) is 54.3 Å². The summed E-state index contributed by atoms with van der Waals surface area (Å²) in [6.45, 7) is 1.97. The molecule has 0 radical (unpaired) electrons. The van der Waals surface area contributed by atoms with Gasteiger partial charge in [0.05, 0.1) is 0 Å². The first-order valence-corrected chi connectivity index (χ1v) is 6.68. The molecule has 2 N–H and O–H groups in total. The average molecular weight is 298 g/mol. The molecule has 2 aromatic rings. The van der Waals surface area contributed by atoms with Crippen molar-refractivity contribution in [2.45, 2.75) is 19.4 Å². The second-order valence-electron chi connectivity index (χ2n) is 4.61. The SMILES string of the molecule is Cc1cc(Cl)cc(C(N)Cc2ccc(F)cc2Cl)c1. The molecule has 100 valence electrons. The molecule has 19 heavy (non-hydrogen) atoms. The largest absolute Gasteiger partial charge is 0.324 e. The smallest absolute Gasteiger partial charge is 0.124 e. The number of aryl methyl sites for hydroxylation is 1. The number of nitrogens with two attached hydrogens (primary N) is 1. The normalized spacial score (nSPS) is 12.5. The topological polar surface area (TPSA) is 26.0 Å². The van der Waals surface area contributed by atoms with Crippen molar-refractivity contribution in [2.75, 3.05) is 0 Å². The van der Waals surface area contributed by atoms with Gasteiger partial charge in [-0.15, -0.1) is 0 Å². The van der Waals surface area contributed by atoms with E-state index in [9.17, 15) is 4.39 Å². The van der Waals surface area contributed by atoms with E-state index < -0.39 is 0 Å². The maximum atomic E-state index is 13.0. The minimum Gasteiger partial charge on any atom is -0.324 e. The highest BCUT2D eigenvalue weighted by Gasteiger charge is 2.11. The van der Waals surface area contributed by atoms with Crippen molar-refractivity contribution in [3.05, 3.63) is 69.0 Å². The first kappa shape index (κ1) is 14.3. The van der Waals surface area contributed by atoms with E-state index in [0.717, 1.165) is 16.7 Å². The Bertz CT molecular complexity index is 578. The molecule has 0 aliphatic rings. The Morgan fingerprint density at radius 2 is 1.89 bits per heavy atom. The molecule has 0 heterocycles. The third kappa shape index (κ3) is 3.69. The van der Waals surface area contributed by atoms with Gasteiger partial charge >= 0.3 is 0 Å². The third-order valence-corrected chi connectivity index (χ3v) is 3.52. The summed E-state index contributed by atoms with van der Waals surface area (Å²) in [7, 11) is 0. The highest BCUT2D eigenvalue weighted by Crippen LogP contribution is 2.25. The van der Waals surface area contributed by atoms with Crippen LogP contribution in [0.1, 0.15) is 22.7 Å². The molecule has 0 aliphatic carbocycles. The summed E-state index contributed by atoms with van der Waals surface area (Å²) in [6.07, 6.45) is 0.541. The fourth-order valence-electron chi connectivity index (χ4n) is 2.02. The van der Waals surface area contributed by atoms with Crippen LogP contribution in [0.2, 0.25) is 10.0 Å². The Kier molecular flexibility index (Phi) is 4.46. The third-order valence-electron chi connectivity index (χ3n) is 2.95. The van der Waals surface area contributed by atoms with Crippen molar-refractivity contribution in [3.63, 3.8) is 0 Å². The number of benzene rings is 2. The maximum Gasteiger partial charge on any atom is 0.124 e. The van der Waals surface area contributed by atoms with Gasteiger partial charge in [0, 0.05) is 16.1 Å². The molecule has 0 aliphatic heterocycles. The van der Waals surface area contributed by atoms with E-state index >= 15 is 0 Å². The van der Waals surface area contributed by atoms with Crippen LogP contribution in [0.5, 0.6) is 0 Å². The second kappa shape index (κ2) is 5.91. The van der Waals surface area contributed by atoms with Crippen LogP contribution in [-0.2, 0) is 6.42 Å². The van der Waals surface area contributed by atoms with Crippen LogP contribution in [0.3, 0.4) is 0 Å². The Balaban J connectivity index is 2.22. The van der Waals surface area contributed by atoms with Gasteiger partial charge in [0.2, 0.25) is 0 Å². The molecule has 0 amide bonds. The second-order valence-corrected chi connectivity index (χ2v) is 5.45. The fraction of sp³-hybridized carbons (Fsp3) is 0.200. The summed E-state index contributed by atoms with van der Waals surface area (Å²) in [5, 5.41) is 1.06. The van der Waals surface area contributed by atoms with Crippen molar-refractivity contribution < 1.29 is 4.39 Å². The molecule has 1 unspecified atom stereocenters. The van der Waals surface area contributed by atoms with Crippen LogP contribution in [0, 0.1) is 12.7 Å². The van der Waals surface area contributed by atoms with Crippen molar-refractivity contribution >= 4 is 23.2 Å². The van der Waals surface area contributed by atoms with Gasteiger partial charge in [-0.25, -0.2) is 4.39 Å². The van der Waals surface area contributed by atoms with Crippen LogP contribution in [0.25, 0.3) is 0 Å². The van der Waals surface area contributed by atoms with Gasteiger partial charge in [0.25, 0.3) is 0 Å². The number of hydrogen-bond donors (Lipinski definition) is 1. The quantitative estimate of drug-likeness (QED) is 0.874. The monoisotopic (exact) mass is 297 g/mol. The van der Waals surface area contributed by atoms with E-state index in [1.807, 2.05) is 25.1 Å². The van der Waals surface area contributed by atoms with E-state index in [0.29, 0.717) is 16.5 Å². The summed E-state index contributed by atoms with van der Waals surface area (Å²) < 4.78 is 13.0. The molecule has 0 bridgehead atoms. The molecule has 0 saturated carbocycles. The fourth-order valence-corrected chi connectivity index (χ4v) is 2.56. The molecule has 0 fully saturated rings. The van der Waals surface area contributed by atoms with Crippen molar-refractivity contribution in [3.8, 4) is 0 Å². The van der Waals surface area contributed by atoms with E-state index in [-0.39, 0.29) is 11.9 Å². The Morgan fingerprint density at radius 1 is 1.16 bits per heavy atom. The van der Waals surface area contributed by atoms with Gasteiger partial charge in [0.1, 0.15) is 5.82 Å². The Labute approximate surface area is 122 Å². The van der Waals surface area contributed by atoms with E-state index in [1.165, 1.54) is 12.1 Å². The van der Waals surface area contributed by atoms with Crippen LogP contribution < -0.4 is 5.73 Å². The molecule has 2 aromatic carbocycles. The Morgan fingerprint density at radius 3 is 2.53 bits per heavy atom. The Hall–Kier alpha value is -1.09. The number of hydrogen-bond acceptors (Lipinski definition) is 1. The predicted molar refractivity (Wildman–Crippen MR) is 78.2 cm³/mol. The summed E-state index contributed by atoms with van der Waals surface area (Å²) in [5.74, 6) is -0.346. The standard InChI is InChI=1S/C15H14Cl2FN/c1-9-4-11(6-12(16)5-9)15(19)7-10-2-3-13(18)8-14(10)17/h2-6,8,15H,7,19H2,1H3. The predicted octanol–water partition coefficient (Wildman–Crippen LogP) is 4.68. The zero-order valence-corrected chi connectivity index (χ0v) is 12.0. The van der Waals surface area contributed by atoms with Crippen LogP contribution in [0.15, 0.2) is 36.4 Å². The summed E-state index contributed by atoms with van der Waals surface area (Å²) >= 11 is 12.0. The van der Waals surface area contributed by atoms with Crippen LogP contribution in [0.4, 0.5) is 4.39 Å². The van der Waals surface area contributed by atoms with Crippen molar-refractivity contribution in [1.29, 1.82) is 0 Å². The summed E-state index contributed by atoms with van der Waals surface area (Å²) in [4.78, 5) is 0. The van der Waals surface area contributed by atoms with Gasteiger partial charge < -0.3 is 5.73 Å². The summed E-state index contributed by atoms with van der Waals surface area (Å²) in [5.41, 5.74) is 9.00. The lowest BCUT2D eigenvalue weighted by molar-refractivity contribution is 0.625. The van der Waals surface area contributed by atoms with E-state index in [4.69, 9.17) is 28.9 Å². The zero-order valence-electron chi connectivity index (χ0n) is 10.5. The molecule has 2 rings (SSSR count). The van der Waals surface area contributed by atoms with Gasteiger partial charge in [0.15, 0.2) is 0 Å². The lowest BCUT2D eigenvalue weighted by Gasteiger charge is -2.14. The number of halogens is 3. The maximum absolute atomic E-state index is 13.0. The molecule has 1 atom stereocenters. The molecular formula is C15H14Cl2FN.